The molecule has 2 rings (SSSR count). The van der Waals surface area contributed by atoms with Gasteiger partial charge in [-0.05, 0) is 43.4 Å². The van der Waals surface area contributed by atoms with Crippen LogP contribution in [0, 0.1) is 0 Å². The van der Waals surface area contributed by atoms with E-state index >= 15 is 0 Å². The van der Waals surface area contributed by atoms with Gasteiger partial charge in [0.2, 0.25) is 5.91 Å². The zero-order chi connectivity index (χ0) is 13.9. The number of carbonyl (C=O) groups is 1. The van der Waals surface area contributed by atoms with Crippen molar-refractivity contribution >= 4 is 5.91 Å². The minimum atomic E-state index is -0.645. The van der Waals surface area contributed by atoms with E-state index in [1.165, 1.54) is 0 Å². The summed E-state index contributed by atoms with van der Waals surface area (Å²) in [5.74, 6) is -0.0442. The largest absolute Gasteiger partial charge is 0.508 e. The number of aromatic hydroxyl groups is 1. The van der Waals surface area contributed by atoms with Crippen molar-refractivity contribution < 1.29 is 15.0 Å². The van der Waals surface area contributed by atoms with Crippen molar-refractivity contribution in [3.63, 3.8) is 0 Å². The summed E-state index contributed by atoms with van der Waals surface area (Å²) in [5.41, 5.74) is 6.31. The second kappa shape index (κ2) is 5.59. The average molecular weight is 264 g/mol. The van der Waals surface area contributed by atoms with Gasteiger partial charge in [-0.25, -0.2) is 0 Å². The molecule has 0 aliphatic heterocycles. The SMILES string of the molecule is N[C@H](Cc1ccc(O)cc1)C(=O)NC1(CO)CCC1. The summed E-state index contributed by atoms with van der Waals surface area (Å²) in [4.78, 5) is 12.0. The van der Waals surface area contributed by atoms with E-state index in [-0.39, 0.29) is 18.3 Å². The molecular weight excluding hydrogens is 244 g/mol. The molecule has 0 heterocycles. The standard InChI is InChI=1S/C14H20N2O3/c15-12(8-10-2-4-11(18)5-3-10)13(19)16-14(9-17)6-1-7-14/h2-5,12,17-18H,1,6-9,15H2,(H,16,19)/t12-/m1/s1. The maximum atomic E-state index is 12.0. The van der Waals surface area contributed by atoms with E-state index in [1.54, 1.807) is 24.3 Å². The van der Waals surface area contributed by atoms with Gasteiger partial charge < -0.3 is 21.3 Å². The number of aliphatic hydroxyl groups is 1. The first-order chi connectivity index (χ1) is 9.04. The molecule has 1 saturated carbocycles. The van der Waals surface area contributed by atoms with Crippen LogP contribution in [0.2, 0.25) is 0 Å². The van der Waals surface area contributed by atoms with Gasteiger partial charge in [0.1, 0.15) is 5.75 Å². The molecule has 104 valence electrons. The number of carbonyl (C=O) groups excluding carboxylic acids is 1. The number of hydrogen-bond donors (Lipinski definition) is 4. The van der Waals surface area contributed by atoms with Crippen molar-refractivity contribution in [1.29, 1.82) is 0 Å². The van der Waals surface area contributed by atoms with Gasteiger partial charge in [-0.15, -0.1) is 0 Å². The molecule has 0 unspecified atom stereocenters. The van der Waals surface area contributed by atoms with Crippen molar-refractivity contribution in [2.75, 3.05) is 6.61 Å². The van der Waals surface area contributed by atoms with Crippen LogP contribution in [0.5, 0.6) is 5.75 Å². The fourth-order valence-corrected chi connectivity index (χ4v) is 2.26. The number of phenols is 1. The molecule has 0 spiro atoms. The minimum Gasteiger partial charge on any atom is -0.508 e. The Hall–Kier alpha value is -1.59. The lowest BCUT2D eigenvalue weighted by Crippen LogP contribution is -2.59. The number of hydrogen-bond acceptors (Lipinski definition) is 4. The number of rotatable bonds is 5. The Kier molecular flexibility index (Phi) is 4.07. The van der Waals surface area contributed by atoms with Gasteiger partial charge in [0.25, 0.3) is 0 Å². The van der Waals surface area contributed by atoms with E-state index in [1.807, 2.05) is 0 Å². The first-order valence-electron chi connectivity index (χ1n) is 6.51. The molecule has 1 fully saturated rings. The fourth-order valence-electron chi connectivity index (χ4n) is 2.26. The van der Waals surface area contributed by atoms with Crippen LogP contribution in [-0.4, -0.2) is 34.3 Å². The lowest BCUT2D eigenvalue weighted by molar-refractivity contribution is -0.126. The highest BCUT2D eigenvalue weighted by Crippen LogP contribution is 2.31. The van der Waals surface area contributed by atoms with Gasteiger partial charge in [-0.2, -0.15) is 0 Å². The summed E-state index contributed by atoms with van der Waals surface area (Å²) in [6, 6.07) is 5.98. The van der Waals surface area contributed by atoms with Gasteiger partial charge in [-0.1, -0.05) is 12.1 Å². The van der Waals surface area contributed by atoms with E-state index in [0.29, 0.717) is 6.42 Å². The van der Waals surface area contributed by atoms with Gasteiger partial charge in [0.05, 0.1) is 18.2 Å². The maximum Gasteiger partial charge on any atom is 0.237 e. The number of aliphatic hydroxyl groups excluding tert-OH is 1. The van der Waals surface area contributed by atoms with Crippen LogP contribution in [0.3, 0.4) is 0 Å². The zero-order valence-electron chi connectivity index (χ0n) is 10.8. The second-order valence-electron chi connectivity index (χ2n) is 5.26. The molecule has 0 radical (unpaired) electrons. The third-order valence-electron chi connectivity index (χ3n) is 3.73. The normalized spacial score (nSPS) is 18.4. The van der Waals surface area contributed by atoms with Crippen molar-refractivity contribution in [3.8, 4) is 5.75 Å². The highest BCUT2D eigenvalue weighted by molar-refractivity contribution is 5.82. The van der Waals surface area contributed by atoms with E-state index in [2.05, 4.69) is 5.32 Å². The van der Waals surface area contributed by atoms with E-state index in [0.717, 1.165) is 24.8 Å². The molecule has 0 saturated heterocycles. The van der Waals surface area contributed by atoms with Crippen molar-refractivity contribution in [1.82, 2.24) is 5.32 Å². The fraction of sp³-hybridized carbons (Fsp3) is 0.500. The summed E-state index contributed by atoms with van der Waals surface area (Å²) in [6.45, 7) is -0.0370. The first kappa shape index (κ1) is 13.8. The Labute approximate surface area is 112 Å². The Balaban J connectivity index is 1.90. The van der Waals surface area contributed by atoms with Gasteiger partial charge in [0, 0.05) is 0 Å². The predicted octanol–water partition coefficient (Wildman–Crippen LogP) is 0.293. The molecule has 19 heavy (non-hydrogen) atoms. The molecule has 5 nitrogen and oxygen atoms in total. The van der Waals surface area contributed by atoms with Crippen LogP contribution >= 0.6 is 0 Å². The van der Waals surface area contributed by atoms with Crippen LogP contribution < -0.4 is 11.1 Å². The quantitative estimate of drug-likeness (QED) is 0.615. The summed E-state index contributed by atoms with van der Waals surface area (Å²) in [5, 5.41) is 21.3. The van der Waals surface area contributed by atoms with Gasteiger partial charge >= 0.3 is 0 Å². The number of nitrogens with one attached hydrogen (secondary N) is 1. The number of nitrogens with two attached hydrogens (primary N) is 1. The first-order valence-corrected chi connectivity index (χ1v) is 6.51. The molecular formula is C14H20N2O3. The summed E-state index contributed by atoms with van der Waals surface area (Å²) >= 11 is 0. The third kappa shape index (κ3) is 3.24. The predicted molar refractivity (Wildman–Crippen MR) is 71.6 cm³/mol. The molecule has 5 N–H and O–H groups in total. The molecule has 1 amide bonds. The Morgan fingerprint density at radius 1 is 1.37 bits per heavy atom. The molecule has 1 aromatic rings. The molecule has 1 aliphatic rings. The molecule has 0 aromatic heterocycles. The van der Waals surface area contributed by atoms with E-state index < -0.39 is 11.6 Å². The van der Waals surface area contributed by atoms with Crippen LogP contribution in [0.1, 0.15) is 24.8 Å². The summed E-state index contributed by atoms with van der Waals surface area (Å²) in [7, 11) is 0. The number of benzene rings is 1. The van der Waals surface area contributed by atoms with Crippen LogP contribution in [0.4, 0.5) is 0 Å². The van der Waals surface area contributed by atoms with Gasteiger partial charge in [-0.3, -0.25) is 4.79 Å². The van der Waals surface area contributed by atoms with Crippen LogP contribution in [0.25, 0.3) is 0 Å². The van der Waals surface area contributed by atoms with Crippen LogP contribution in [-0.2, 0) is 11.2 Å². The molecule has 5 heteroatoms. The number of amides is 1. The third-order valence-corrected chi connectivity index (χ3v) is 3.73. The Morgan fingerprint density at radius 2 is 2.00 bits per heavy atom. The van der Waals surface area contributed by atoms with Crippen LogP contribution in [0.15, 0.2) is 24.3 Å². The lowest BCUT2D eigenvalue weighted by Gasteiger charge is -2.41. The monoisotopic (exact) mass is 264 g/mol. The Morgan fingerprint density at radius 3 is 2.47 bits per heavy atom. The Bertz CT molecular complexity index is 435. The second-order valence-corrected chi connectivity index (χ2v) is 5.26. The van der Waals surface area contributed by atoms with Crippen molar-refractivity contribution in [2.45, 2.75) is 37.3 Å². The summed E-state index contributed by atoms with van der Waals surface area (Å²) < 4.78 is 0. The van der Waals surface area contributed by atoms with Crippen molar-refractivity contribution in [2.24, 2.45) is 5.73 Å². The average Bonchev–Trinajstić information content (AvgIpc) is 2.36. The van der Waals surface area contributed by atoms with E-state index in [9.17, 15) is 15.0 Å². The highest BCUT2D eigenvalue weighted by Gasteiger charge is 2.38. The molecule has 1 atom stereocenters. The van der Waals surface area contributed by atoms with Gasteiger partial charge in [0.15, 0.2) is 0 Å². The van der Waals surface area contributed by atoms with Crippen molar-refractivity contribution in [3.05, 3.63) is 29.8 Å². The van der Waals surface area contributed by atoms with E-state index in [4.69, 9.17) is 5.73 Å². The topological polar surface area (TPSA) is 95.6 Å². The lowest BCUT2D eigenvalue weighted by atomic mass is 9.77. The molecule has 1 aromatic carbocycles. The minimum absolute atomic E-state index is 0.0370. The highest BCUT2D eigenvalue weighted by atomic mass is 16.3. The maximum absolute atomic E-state index is 12.0. The molecule has 1 aliphatic carbocycles. The number of phenolic OH excluding ortho intramolecular Hbond substituents is 1. The smallest absolute Gasteiger partial charge is 0.237 e. The molecule has 0 bridgehead atoms. The zero-order valence-corrected chi connectivity index (χ0v) is 10.8. The summed E-state index contributed by atoms with van der Waals surface area (Å²) in [6.07, 6.45) is 3.05.